The van der Waals surface area contributed by atoms with E-state index in [9.17, 15) is 0 Å². The largest absolute Gasteiger partial charge is 0.464 e. The summed E-state index contributed by atoms with van der Waals surface area (Å²) in [5.74, 6) is 0.837. The smallest absolute Gasteiger partial charge is 0.133 e. The topological polar surface area (TPSA) is 13.1 Å². The molecule has 1 heterocycles. The Bertz CT molecular complexity index is 410. The Morgan fingerprint density at radius 2 is 2.08 bits per heavy atom. The van der Waals surface area contributed by atoms with Crippen LogP contribution in [0.5, 0.6) is 0 Å². The first-order valence-electron chi connectivity index (χ1n) is 4.41. The van der Waals surface area contributed by atoms with Crippen molar-refractivity contribution in [1.29, 1.82) is 0 Å². The van der Waals surface area contributed by atoms with Crippen molar-refractivity contribution in [3.05, 3.63) is 36.1 Å². The molecule has 60 valence electrons. The Kier molecular flexibility index (Phi) is 1.12. The fourth-order valence-corrected chi connectivity index (χ4v) is 1.66. The van der Waals surface area contributed by atoms with E-state index in [1.807, 2.05) is 6.07 Å². The van der Waals surface area contributed by atoms with Crippen LogP contribution in [-0.4, -0.2) is 0 Å². The van der Waals surface area contributed by atoms with Gasteiger partial charge in [-0.25, -0.2) is 0 Å². The second-order valence-corrected chi connectivity index (χ2v) is 3.49. The van der Waals surface area contributed by atoms with Crippen LogP contribution < -0.4 is 0 Å². The molecule has 0 saturated heterocycles. The van der Waals surface area contributed by atoms with E-state index in [1.165, 1.54) is 23.8 Å². The van der Waals surface area contributed by atoms with Gasteiger partial charge in [0.15, 0.2) is 0 Å². The monoisotopic (exact) mass is 158 g/mol. The first kappa shape index (κ1) is 6.30. The van der Waals surface area contributed by atoms with Gasteiger partial charge in [-0.3, -0.25) is 0 Å². The molecule has 1 saturated carbocycles. The first-order chi connectivity index (χ1) is 5.93. The van der Waals surface area contributed by atoms with Gasteiger partial charge in [-0.2, -0.15) is 0 Å². The van der Waals surface area contributed by atoms with E-state index in [1.54, 1.807) is 6.26 Å². The Morgan fingerprint density at radius 3 is 2.92 bits per heavy atom. The molecular weight excluding hydrogens is 148 g/mol. The maximum absolute atomic E-state index is 5.27. The van der Waals surface area contributed by atoms with E-state index in [-0.39, 0.29) is 0 Å². The lowest BCUT2D eigenvalue weighted by Crippen LogP contribution is -1.76. The van der Waals surface area contributed by atoms with E-state index in [0.717, 1.165) is 11.5 Å². The summed E-state index contributed by atoms with van der Waals surface area (Å²) in [4.78, 5) is 0. The average molecular weight is 158 g/mol. The van der Waals surface area contributed by atoms with Crippen LogP contribution in [0.15, 0.2) is 34.9 Å². The molecule has 1 aromatic heterocycles. The molecule has 0 bridgehead atoms. The van der Waals surface area contributed by atoms with Crippen molar-refractivity contribution in [2.45, 2.75) is 18.8 Å². The van der Waals surface area contributed by atoms with Crippen molar-refractivity contribution in [2.24, 2.45) is 0 Å². The molecule has 1 nitrogen and oxygen atoms in total. The molecule has 1 aliphatic rings. The van der Waals surface area contributed by atoms with Crippen LogP contribution in [0.2, 0.25) is 0 Å². The summed E-state index contributed by atoms with van der Waals surface area (Å²) in [6.07, 6.45) is 4.48. The molecule has 3 rings (SSSR count). The molecule has 0 unspecified atom stereocenters. The van der Waals surface area contributed by atoms with Gasteiger partial charge in [-0.15, -0.1) is 0 Å². The van der Waals surface area contributed by atoms with Gasteiger partial charge in [0.25, 0.3) is 0 Å². The van der Waals surface area contributed by atoms with Crippen molar-refractivity contribution in [3.8, 4) is 0 Å². The summed E-state index contributed by atoms with van der Waals surface area (Å²) in [7, 11) is 0. The molecule has 0 N–H and O–H groups in total. The number of furan rings is 1. The molecular formula is C11H10O. The summed E-state index contributed by atoms with van der Waals surface area (Å²) in [6.45, 7) is 0. The molecule has 0 spiro atoms. The third-order valence-electron chi connectivity index (χ3n) is 2.53. The molecule has 0 atom stereocenters. The van der Waals surface area contributed by atoms with Gasteiger partial charge in [0.2, 0.25) is 0 Å². The minimum Gasteiger partial charge on any atom is -0.464 e. The minimum atomic E-state index is 0.837. The van der Waals surface area contributed by atoms with Gasteiger partial charge in [0.1, 0.15) is 5.58 Å². The predicted molar refractivity (Wildman–Crippen MR) is 48.2 cm³/mol. The zero-order chi connectivity index (χ0) is 7.97. The quantitative estimate of drug-likeness (QED) is 0.620. The number of rotatable bonds is 1. The fourth-order valence-electron chi connectivity index (χ4n) is 1.66. The van der Waals surface area contributed by atoms with Gasteiger partial charge in [0.05, 0.1) is 6.26 Å². The van der Waals surface area contributed by atoms with Crippen LogP contribution in [0.1, 0.15) is 24.3 Å². The SMILES string of the molecule is c1cc2cc(C3CC3)ccc2o1. The van der Waals surface area contributed by atoms with Gasteiger partial charge in [0, 0.05) is 5.39 Å². The Labute approximate surface area is 71.0 Å². The van der Waals surface area contributed by atoms with E-state index >= 15 is 0 Å². The van der Waals surface area contributed by atoms with E-state index in [0.29, 0.717) is 0 Å². The van der Waals surface area contributed by atoms with Crippen LogP contribution in [0.4, 0.5) is 0 Å². The molecule has 12 heavy (non-hydrogen) atoms. The highest BCUT2D eigenvalue weighted by Crippen LogP contribution is 2.40. The van der Waals surface area contributed by atoms with Crippen molar-refractivity contribution in [2.75, 3.05) is 0 Å². The van der Waals surface area contributed by atoms with E-state index in [2.05, 4.69) is 18.2 Å². The molecule has 1 aliphatic carbocycles. The summed E-state index contributed by atoms with van der Waals surface area (Å²) in [5.41, 5.74) is 2.48. The van der Waals surface area contributed by atoms with Crippen LogP contribution in [0, 0.1) is 0 Å². The zero-order valence-corrected chi connectivity index (χ0v) is 6.79. The van der Waals surface area contributed by atoms with Crippen molar-refractivity contribution in [3.63, 3.8) is 0 Å². The standard InChI is InChI=1S/C11H10O/c1-2-8(1)9-3-4-11-10(7-9)5-6-12-11/h3-8H,1-2H2. The fraction of sp³-hybridized carbons (Fsp3) is 0.273. The lowest BCUT2D eigenvalue weighted by molar-refractivity contribution is 0.616. The van der Waals surface area contributed by atoms with E-state index < -0.39 is 0 Å². The van der Waals surface area contributed by atoms with Gasteiger partial charge in [-0.05, 0) is 42.5 Å². The number of hydrogen-bond donors (Lipinski definition) is 0. The minimum absolute atomic E-state index is 0.837. The van der Waals surface area contributed by atoms with Crippen LogP contribution in [0.25, 0.3) is 11.0 Å². The summed E-state index contributed by atoms with van der Waals surface area (Å²) < 4.78 is 5.27. The third-order valence-corrected chi connectivity index (χ3v) is 2.53. The maximum atomic E-state index is 5.27. The first-order valence-corrected chi connectivity index (χ1v) is 4.41. The van der Waals surface area contributed by atoms with Gasteiger partial charge >= 0.3 is 0 Å². The second-order valence-electron chi connectivity index (χ2n) is 3.49. The summed E-state index contributed by atoms with van der Waals surface area (Å²) >= 11 is 0. The molecule has 2 aromatic rings. The van der Waals surface area contributed by atoms with Crippen molar-refractivity contribution in [1.82, 2.24) is 0 Å². The summed E-state index contributed by atoms with van der Waals surface area (Å²) in [6, 6.07) is 8.53. The normalized spacial score (nSPS) is 17.0. The lowest BCUT2D eigenvalue weighted by Gasteiger charge is -1.95. The molecule has 1 fully saturated rings. The number of hydrogen-bond acceptors (Lipinski definition) is 1. The Balaban J connectivity index is 2.21. The molecule has 1 aromatic carbocycles. The highest BCUT2D eigenvalue weighted by molar-refractivity contribution is 5.77. The Hall–Kier alpha value is -1.24. The van der Waals surface area contributed by atoms with Gasteiger partial charge in [-0.1, -0.05) is 6.07 Å². The zero-order valence-electron chi connectivity index (χ0n) is 6.79. The molecule has 1 heteroatoms. The number of fused-ring (bicyclic) bond motifs is 1. The van der Waals surface area contributed by atoms with Crippen LogP contribution in [0.3, 0.4) is 0 Å². The molecule has 0 amide bonds. The van der Waals surface area contributed by atoms with E-state index in [4.69, 9.17) is 4.42 Å². The maximum Gasteiger partial charge on any atom is 0.133 e. The van der Waals surface area contributed by atoms with Crippen molar-refractivity contribution >= 4 is 11.0 Å². The van der Waals surface area contributed by atoms with Crippen molar-refractivity contribution < 1.29 is 4.42 Å². The number of benzene rings is 1. The summed E-state index contributed by atoms with van der Waals surface area (Å²) in [5, 5.41) is 1.24. The third kappa shape index (κ3) is 0.860. The predicted octanol–water partition coefficient (Wildman–Crippen LogP) is 3.31. The van der Waals surface area contributed by atoms with Crippen LogP contribution in [-0.2, 0) is 0 Å². The lowest BCUT2D eigenvalue weighted by atomic mass is 10.1. The van der Waals surface area contributed by atoms with Gasteiger partial charge < -0.3 is 4.42 Å². The second kappa shape index (κ2) is 2.13. The highest BCUT2D eigenvalue weighted by Gasteiger charge is 2.23. The molecule has 0 aliphatic heterocycles. The Morgan fingerprint density at radius 1 is 1.17 bits per heavy atom. The highest BCUT2D eigenvalue weighted by atomic mass is 16.3. The van der Waals surface area contributed by atoms with Crippen LogP contribution >= 0.6 is 0 Å². The molecule has 0 radical (unpaired) electrons. The average Bonchev–Trinajstić information content (AvgIpc) is 2.84.